The van der Waals surface area contributed by atoms with Crippen molar-refractivity contribution in [2.24, 2.45) is 0 Å². The summed E-state index contributed by atoms with van der Waals surface area (Å²) in [5.74, 6) is 0.652. The van der Waals surface area contributed by atoms with Crippen molar-refractivity contribution in [1.29, 1.82) is 0 Å². The highest BCUT2D eigenvalue weighted by Gasteiger charge is 2.44. The Morgan fingerprint density at radius 1 is 1.25 bits per heavy atom. The molecule has 2 aromatic rings. The molecule has 0 unspecified atom stereocenters. The van der Waals surface area contributed by atoms with Crippen LogP contribution in [0.2, 0.25) is 0 Å². The van der Waals surface area contributed by atoms with Crippen LogP contribution in [0.25, 0.3) is 0 Å². The molecule has 1 amide bonds. The van der Waals surface area contributed by atoms with Crippen LogP contribution < -0.4 is 0 Å². The van der Waals surface area contributed by atoms with Gasteiger partial charge in [-0.15, -0.1) is 0 Å². The maximum atomic E-state index is 12.8. The summed E-state index contributed by atoms with van der Waals surface area (Å²) in [5.41, 5.74) is 2.75. The van der Waals surface area contributed by atoms with Gasteiger partial charge in [0.2, 0.25) is 0 Å². The molecule has 0 aromatic carbocycles. The monoisotopic (exact) mass is 326 g/mol. The summed E-state index contributed by atoms with van der Waals surface area (Å²) < 4.78 is 5.05. The second kappa shape index (κ2) is 6.02. The third-order valence-electron chi connectivity index (χ3n) is 5.24. The van der Waals surface area contributed by atoms with Crippen LogP contribution in [0, 0.1) is 13.8 Å². The van der Waals surface area contributed by atoms with Gasteiger partial charge in [-0.25, -0.2) is 0 Å². The van der Waals surface area contributed by atoms with Crippen LogP contribution in [-0.2, 0) is 6.54 Å². The molecule has 0 radical (unpaired) electrons. The highest BCUT2D eigenvalue weighted by atomic mass is 16.5. The number of hydrogen-bond donors (Lipinski definition) is 0. The van der Waals surface area contributed by atoms with E-state index >= 15 is 0 Å². The molecule has 2 atom stereocenters. The van der Waals surface area contributed by atoms with Crippen molar-refractivity contribution in [2.75, 3.05) is 13.1 Å². The first-order chi connectivity index (χ1) is 11.6. The average molecular weight is 326 g/mol. The lowest BCUT2D eigenvalue weighted by Crippen LogP contribution is -2.39. The molecule has 6 nitrogen and oxygen atoms in total. The Bertz CT molecular complexity index is 757. The molecule has 0 spiro atoms. The van der Waals surface area contributed by atoms with E-state index in [1.54, 1.807) is 6.92 Å². The predicted octanol–water partition coefficient (Wildman–Crippen LogP) is 2.18. The lowest BCUT2D eigenvalue weighted by molar-refractivity contribution is 0.0730. The molecule has 0 saturated carbocycles. The van der Waals surface area contributed by atoms with Crippen LogP contribution in [0.4, 0.5) is 0 Å². The first-order valence-corrected chi connectivity index (χ1v) is 8.52. The second-order valence-corrected chi connectivity index (χ2v) is 6.75. The minimum Gasteiger partial charge on any atom is -0.361 e. The number of likely N-dealkylation sites (tertiary alicyclic amines) is 2. The minimum absolute atomic E-state index is 0.0526. The number of aromatic nitrogens is 2. The second-order valence-electron chi connectivity index (χ2n) is 6.75. The lowest BCUT2D eigenvalue weighted by atomic mass is 10.1. The fourth-order valence-electron chi connectivity index (χ4n) is 4.08. The molecule has 2 fully saturated rings. The largest absolute Gasteiger partial charge is 0.361 e. The van der Waals surface area contributed by atoms with E-state index in [1.165, 1.54) is 6.20 Å². The first kappa shape index (κ1) is 15.3. The molecule has 0 aliphatic carbocycles. The standard InChI is InChI=1S/C18H22N4O2/c1-12-4-3-5-14(20-12)11-21-8-6-17-16(21)7-9-22(17)18(23)15-10-19-24-13(15)2/h3-5,10,16-17H,6-9,11H2,1-2H3/t16-,17+/m0/s1. The van der Waals surface area contributed by atoms with Gasteiger partial charge in [-0.2, -0.15) is 0 Å². The normalized spacial score (nSPS) is 23.7. The van der Waals surface area contributed by atoms with Crippen LogP contribution >= 0.6 is 0 Å². The van der Waals surface area contributed by atoms with Gasteiger partial charge < -0.3 is 9.42 Å². The fraction of sp³-hybridized carbons (Fsp3) is 0.500. The van der Waals surface area contributed by atoms with Crippen molar-refractivity contribution in [3.8, 4) is 0 Å². The van der Waals surface area contributed by atoms with Crippen molar-refractivity contribution >= 4 is 5.91 Å². The van der Waals surface area contributed by atoms with E-state index in [4.69, 9.17) is 4.52 Å². The molecule has 6 heteroatoms. The summed E-state index contributed by atoms with van der Waals surface area (Å²) in [6.07, 6.45) is 3.58. The van der Waals surface area contributed by atoms with Crippen LogP contribution in [0.1, 0.15) is 40.3 Å². The molecule has 4 rings (SSSR count). The molecule has 2 saturated heterocycles. The van der Waals surface area contributed by atoms with Gasteiger partial charge in [0.25, 0.3) is 5.91 Å². The molecule has 2 aromatic heterocycles. The Hall–Kier alpha value is -2.21. The van der Waals surface area contributed by atoms with Gasteiger partial charge in [-0.05, 0) is 38.8 Å². The Balaban J connectivity index is 1.47. The molecule has 24 heavy (non-hydrogen) atoms. The van der Waals surface area contributed by atoms with Crippen molar-refractivity contribution in [3.63, 3.8) is 0 Å². The number of hydrogen-bond acceptors (Lipinski definition) is 5. The van der Waals surface area contributed by atoms with Crippen molar-refractivity contribution in [1.82, 2.24) is 19.9 Å². The zero-order valence-electron chi connectivity index (χ0n) is 14.1. The number of aryl methyl sites for hydroxylation is 2. The lowest BCUT2D eigenvalue weighted by Gasteiger charge is -2.25. The third kappa shape index (κ3) is 2.60. The average Bonchev–Trinajstić information content (AvgIpc) is 3.24. The van der Waals surface area contributed by atoms with E-state index in [0.717, 1.165) is 43.9 Å². The molecular weight excluding hydrogens is 304 g/mol. The summed E-state index contributed by atoms with van der Waals surface area (Å²) in [7, 11) is 0. The van der Waals surface area contributed by atoms with Crippen molar-refractivity contribution in [3.05, 3.63) is 47.1 Å². The number of rotatable bonds is 3. The van der Waals surface area contributed by atoms with Gasteiger partial charge in [-0.1, -0.05) is 11.2 Å². The van der Waals surface area contributed by atoms with Gasteiger partial charge in [0.05, 0.1) is 11.9 Å². The summed E-state index contributed by atoms with van der Waals surface area (Å²) >= 11 is 0. The van der Waals surface area contributed by atoms with E-state index in [9.17, 15) is 4.79 Å². The van der Waals surface area contributed by atoms with E-state index in [2.05, 4.69) is 27.2 Å². The van der Waals surface area contributed by atoms with Gasteiger partial charge in [0, 0.05) is 37.4 Å². The van der Waals surface area contributed by atoms with Gasteiger partial charge >= 0.3 is 0 Å². The number of amides is 1. The Morgan fingerprint density at radius 3 is 2.83 bits per heavy atom. The Morgan fingerprint density at radius 2 is 2.08 bits per heavy atom. The third-order valence-corrected chi connectivity index (χ3v) is 5.24. The molecule has 2 aliphatic rings. The summed E-state index contributed by atoms with van der Waals surface area (Å²) in [6.45, 7) is 6.48. The number of pyridine rings is 1. The van der Waals surface area contributed by atoms with Gasteiger partial charge in [-0.3, -0.25) is 14.7 Å². The number of carbonyl (C=O) groups is 1. The van der Waals surface area contributed by atoms with Gasteiger partial charge in [0.1, 0.15) is 11.3 Å². The van der Waals surface area contributed by atoms with Crippen LogP contribution in [0.5, 0.6) is 0 Å². The highest BCUT2D eigenvalue weighted by Crippen LogP contribution is 2.33. The molecule has 0 N–H and O–H groups in total. The van der Waals surface area contributed by atoms with E-state index in [-0.39, 0.29) is 11.9 Å². The van der Waals surface area contributed by atoms with E-state index in [1.807, 2.05) is 17.9 Å². The van der Waals surface area contributed by atoms with Gasteiger partial charge in [0.15, 0.2) is 0 Å². The summed E-state index contributed by atoms with van der Waals surface area (Å²) in [6, 6.07) is 6.88. The predicted molar refractivity (Wildman–Crippen MR) is 88.5 cm³/mol. The topological polar surface area (TPSA) is 62.5 Å². The smallest absolute Gasteiger partial charge is 0.259 e. The minimum atomic E-state index is 0.0526. The maximum absolute atomic E-state index is 12.8. The maximum Gasteiger partial charge on any atom is 0.259 e. The van der Waals surface area contributed by atoms with E-state index < -0.39 is 0 Å². The number of nitrogens with zero attached hydrogens (tertiary/aromatic N) is 4. The molecule has 4 heterocycles. The first-order valence-electron chi connectivity index (χ1n) is 8.52. The highest BCUT2D eigenvalue weighted by molar-refractivity contribution is 5.95. The quantitative estimate of drug-likeness (QED) is 0.865. The Labute approximate surface area is 141 Å². The zero-order chi connectivity index (χ0) is 16.7. The Kier molecular flexibility index (Phi) is 3.84. The van der Waals surface area contributed by atoms with Crippen molar-refractivity contribution < 1.29 is 9.32 Å². The van der Waals surface area contributed by atoms with Crippen LogP contribution in [-0.4, -0.2) is 51.0 Å². The van der Waals surface area contributed by atoms with E-state index in [0.29, 0.717) is 17.4 Å². The molecule has 126 valence electrons. The van der Waals surface area contributed by atoms with Crippen LogP contribution in [0.3, 0.4) is 0 Å². The number of fused-ring (bicyclic) bond motifs is 1. The SMILES string of the molecule is Cc1cccc(CN2CC[C@@H]3[C@@H]2CCN3C(=O)c2cnoc2C)n1. The molecule has 0 bridgehead atoms. The zero-order valence-corrected chi connectivity index (χ0v) is 14.1. The molecular formula is C18H22N4O2. The summed E-state index contributed by atoms with van der Waals surface area (Å²) in [4.78, 5) is 21.9. The number of carbonyl (C=O) groups excluding carboxylic acids is 1. The van der Waals surface area contributed by atoms with Crippen molar-refractivity contribution in [2.45, 2.75) is 45.3 Å². The fourth-order valence-corrected chi connectivity index (χ4v) is 4.08. The van der Waals surface area contributed by atoms with Crippen LogP contribution in [0.15, 0.2) is 28.9 Å². The summed E-state index contributed by atoms with van der Waals surface area (Å²) in [5, 5.41) is 3.74. The molecule has 2 aliphatic heterocycles.